The van der Waals surface area contributed by atoms with Crippen molar-refractivity contribution in [3.63, 3.8) is 0 Å². The van der Waals surface area contributed by atoms with Crippen molar-refractivity contribution in [1.29, 1.82) is 0 Å². The van der Waals surface area contributed by atoms with Gasteiger partial charge in [-0.05, 0) is 25.3 Å². The molecule has 0 fully saturated rings. The molecule has 0 aromatic carbocycles. The number of hydrogen-bond acceptors (Lipinski definition) is 4. The van der Waals surface area contributed by atoms with Crippen LogP contribution in [0.3, 0.4) is 0 Å². The van der Waals surface area contributed by atoms with Gasteiger partial charge in [0.05, 0.1) is 19.3 Å². The highest BCUT2D eigenvalue weighted by Gasteiger charge is 2.00. The van der Waals surface area contributed by atoms with Gasteiger partial charge >= 0.3 is 0 Å². The predicted octanol–water partition coefficient (Wildman–Crippen LogP) is 0.374. The lowest BCUT2D eigenvalue weighted by atomic mass is 10.1. The number of aliphatic hydroxyl groups is 2. The standard InChI is InChI=1S/C12H23N3O2/c1-11(10-17)3-2-4-13-7-12-8-14-15(9-12)5-6-16/h8-9,11,13,16-17H,2-7,10H2,1H3. The molecule has 1 rings (SSSR count). The van der Waals surface area contributed by atoms with Crippen molar-refractivity contribution in [2.45, 2.75) is 32.9 Å². The summed E-state index contributed by atoms with van der Waals surface area (Å²) in [5.41, 5.74) is 1.13. The third-order valence-electron chi connectivity index (χ3n) is 2.71. The molecule has 0 amide bonds. The Morgan fingerprint density at radius 3 is 3.00 bits per heavy atom. The van der Waals surface area contributed by atoms with Gasteiger partial charge in [0.1, 0.15) is 0 Å². The lowest BCUT2D eigenvalue weighted by molar-refractivity contribution is 0.228. The molecule has 1 aromatic heterocycles. The Hall–Kier alpha value is -0.910. The van der Waals surface area contributed by atoms with E-state index in [2.05, 4.69) is 17.3 Å². The van der Waals surface area contributed by atoms with Crippen LogP contribution in [0.15, 0.2) is 12.4 Å². The Labute approximate surface area is 102 Å². The van der Waals surface area contributed by atoms with Crippen molar-refractivity contribution in [3.8, 4) is 0 Å². The molecular weight excluding hydrogens is 218 g/mol. The average molecular weight is 241 g/mol. The van der Waals surface area contributed by atoms with Crippen molar-refractivity contribution >= 4 is 0 Å². The average Bonchev–Trinajstić information content (AvgIpc) is 2.76. The van der Waals surface area contributed by atoms with Crippen LogP contribution < -0.4 is 5.32 Å². The fraction of sp³-hybridized carbons (Fsp3) is 0.750. The molecule has 1 unspecified atom stereocenters. The first kappa shape index (κ1) is 14.2. The van der Waals surface area contributed by atoms with Crippen LogP contribution in [0.1, 0.15) is 25.3 Å². The number of hydrogen-bond donors (Lipinski definition) is 3. The molecule has 0 saturated heterocycles. The summed E-state index contributed by atoms with van der Waals surface area (Å²) in [4.78, 5) is 0. The molecule has 0 bridgehead atoms. The zero-order valence-electron chi connectivity index (χ0n) is 10.5. The number of rotatable bonds is 9. The van der Waals surface area contributed by atoms with E-state index in [9.17, 15) is 0 Å². The van der Waals surface area contributed by atoms with Gasteiger partial charge in [-0.25, -0.2) is 0 Å². The van der Waals surface area contributed by atoms with E-state index in [4.69, 9.17) is 10.2 Å². The molecule has 17 heavy (non-hydrogen) atoms. The molecule has 0 aliphatic rings. The van der Waals surface area contributed by atoms with Crippen LogP contribution in [0.25, 0.3) is 0 Å². The number of aliphatic hydroxyl groups excluding tert-OH is 2. The fourth-order valence-corrected chi connectivity index (χ4v) is 1.62. The molecule has 1 atom stereocenters. The van der Waals surface area contributed by atoms with Gasteiger partial charge in [0.2, 0.25) is 0 Å². The smallest absolute Gasteiger partial charge is 0.0640 e. The van der Waals surface area contributed by atoms with E-state index in [1.165, 1.54) is 0 Å². The van der Waals surface area contributed by atoms with Gasteiger partial charge in [-0.3, -0.25) is 4.68 Å². The number of aromatic nitrogens is 2. The molecular formula is C12H23N3O2. The van der Waals surface area contributed by atoms with Gasteiger partial charge in [-0.1, -0.05) is 6.92 Å². The van der Waals surface area contributed by atoms with Gasteiger partial charge < -0.3 is 15.5 Å². The highest BCUT2D eigenvalue weighted by Crippen LogP contribution is 2.03. The molecule has 0 spiro atoms. The van der Waals surface area contributed by atoms with Crippen molar-refractivity contribution in [1.82, 2.24) is 15.1 Å². The predicted molar refractivity (Wildman–Crippen MR) is 66.5 cm³/mol. The molecule has 1 aromatic rings. The molecule has 1 heterocycles. The molecule has 5 heteroatoms. The Balaban J connectivity index is 2.09. The monoisotopic (exact) mass is 241 g/mol. The maximum atomic E-state index is 8.87. The second-order valence-corrected chi connectivity index (χ2v) is 4.44. The van der Waals surface area contributed by atoms with E-state index < -0.39 is 0 Å². The first-order chi connectivity index (χ1) is 8.26. The minimum Gasteiger partial charge on any atom is -0.396 e. The maximum absolute atomic E-state index is 8.87. The first-order valence-corrected chi connectivity index (χ1v) is 6.20. The van der Waals surface area contributed by atoms with Gasteiger partial charge in [-0.2, -0.15) is 5.10 Å². The van der Waals surface area contributed by atoms with Crippen molar-refractivity contribution in [2.24, 2.45) is 5.92 Å². The van der Waals surface area contributed by atoms with Gasteiger partial charge in [0.15, 0.2) is 0 Å². The Kier molecular flexibility index (Phi) is 6.84. The third-order valence-corrected chi connectivity index (χ3v) is 2.71. The van der Waals surface area contributed by atoms with E-state index in [1.807, 2.05) is 12.4 Å². The van der Waals surface area contributed by atoms with E-state index in [-0.39, 0.29) is 13.2 Å². The summed E-state index contributed by atoms with van der Waals surface area (Å²) in [6, 6.07) is 0. The molecule has 0 aliphatic carbocycles. The van der Waals surface area contributed by atoms with Crippen molar-refractivity contribution < 1.29 is 10.2 Å². The quantitative estimate of drug-likeness (QED) is 0.546. The second kappa shape index (κ2) is 8.22. The normalized spacial score (nSPS) is 12.9. The lowest BCUT2D eigenvalue weighted by Gasteiger charge is -2.07. The zero-order chi connectivity index (χ0) is 12.5. The minimum absolute atomic E-state index is 0.119. The molecule has 0 radical (unpaired) electrons. The lowest BCUT2D eigenvalue weighted by Crippen LogP contribution is -2.15. The van der Waals surface area contributed by atoms with Gasteiger partial charge in [0, 0.05) is 24.9 Å². The summed E-state index contributed by atoms with van der Waals surface area (Å²) in [6.45, 7) is 4.75. The fourth-order valence-electron chi connectivity index (χ4n) is 1.62. The Morgan fingerprint density at radius 1 is 1.47 bits per heavy atom. The third kappa shape index (κ3) is 5.81. The molecule has 0 aliphatic heterocycles. The minimum atomic E-state index is 0.119. The van der Waals surface area contributed by atoms with Crippen LogP contribution in [0, 0.1) is 5.92 Å². The largest absolute Gasteiger partial charge is 0.396 e. The van der Waals surface area contributed by atoms with Crippen LogP contribution in [0.5, 0.6) is 0 Å². The van der Waals surface area contributed by atoms with Crippen LogP contribution in [-0.4, -0.2) is 39.8 Å². The summed E-state index contributed by atoms with van der Waals surface area (Å²) in [5, 5.41) is 25.1. The van der Waals surface area contributed by atoms with Gasteiger partial charge in [-0.15, -0.1) is 0 Å². The van der Waals surface area contributed by atoms with E-state index in [1.54, 1.807) is 4.68 Å². The highest BCUT2D eigenvalue weighted by atomic mass is 16.3. The maximum Gasteiger partial charge on any atom is 0.0640 e. The van der Waals surface area contributed by atoms with Crippen molar-refractivity contribution in [2.75, 3.05) is 19.8 Å². The SMILES string of the molecule is CC(CO)CCCNCc1cnn(CCO)c1. The summed E-state index contributed by atoms with van der Waals surface area (Å²) in [5.74, 6) is 0.393. The van der Waals surface area contributed by atoms with Gasteiger partial charge in [0.25, 0.3) is 0 Å². The molecule has 98 valence electrons. The second-order valence-electron chi connectivity index (χ2n) is 4.44. The summed E-state index contributed by atoms with van der Waals surface area (Å²) in [6.07, 6.45) is 5.89. The van der Waals surface area contributed by atoms with Crippen molar-refractivity contribution in [3.05, 3.63) is 18.0 Å². The summed E-state index contributed by atoms with van der Waals surface area (Å²) < 4.78 is 1.74. The van der Waals surface area contributed by atoms with Crippen LogP contribution >= 0.6 is 0 Å². The van der Waals surface area contributed by atoms with Crippen LogP contribution in [-0.2, 0) is 13.1 Å². The molecule has 0 saturated carbocycles. The Morgan fingerprint density at radius 2 is 2.29 bits per heavy atom. The van der Waals surface area contributed by atoms with E-state index in [0.717, 1.165) is 31.5 Å². The van der Waals surface area contributed by atoms with Crippen LogP contribution in [0.2, 0.25) is 0 Å². The summed E-state index contributed by atoms with van der Waals surface area (Å²) >= 11 is 0. The number of nitrogens with zero attached hydrogens (tertiary/aromatic N) is 2. The van der Waals surface area contributed by atoms with E-state index in [0.29, 0.717) is 12.5 Å². The first-order valence-electron chi connectivity index (χ1n) is 6.20. The van der Waals surface area contributed by atoms with E-state index >= 15 is 0 Å². The topological polar surface area (TPSA) is 70.3 Å². The highest BCUT2D eigenvalue weighted by molar-refractivity contribution is 5.03. The zero-order valence-corrected chi connectivity index (χ0v) is 10.5. The molecule has 5 nitrogen and oxygen atoms in total. The summed E-state index contributed by atoms with van der Waals surface area (Å²) in [7, 11) is 0. The number of nitrogens with one attached hydrogen (secondary N) is 1. The Bertz CT molecular complexity index is 302. The van der Waals surface area contributed by atoms with Crippen LogP contribution in [0.4, 0.5) is 0 Å². The molecule has 3 N–H and O–H groups in total.